The average Bonchev–Trinajstić information content (AvgIpc) is 3.12. The van der Waals surface area contributed by atoms with Crippen molar-refractivity contribution in [3.05, 3.63) is 51.7 Å². The van der Waals surface area contributed by atoms with Crippen LogP contribution in [0.3, 0.4) is 0 Å². The molecule has 1 aromatic carbocycles. The van der Waals surface area contributed by atoms with Crippen LogP contribution in [0.1, 0.15) is 24.5 Å². The molecule has 0 spiro atoms. The molecule has 2 heterocycles. The molecule has 2 fully saturated rings. The van der Waals surface area contributed by atoms with Crippen LogP contribution in [-0.4, -0.2) is 53.1 Å². The monoisotopic (exact) mass is 344 g/mol. The molecule has 2 aliphatic heterocycles. The molecule has 134 valence electrons. The summed E-state index contributed by atoms with van der Waals surface area (Å²) in [5.74, 6) is 0.807. The van der Waals surface area contributed by atoms with E-state index in [1.165, 1.54) is 5.56 Å². The van der Waals surface area contributed by atoms with Gasteiger partial charge in [0.05, 0.1) is 12.7 Å². The first kappa shape index (κ1) is 17.4. The Hall–Kier alpha value is -2.41. The fourth-order valence-corrected chi connectivity index (χ4v) is 3.41. The van der Waals surface area contributed by atoms with Gasteiger partial charge in [-0.05, 0) is 31.9 Å². The lowest BCUT2D eigenvalue weighted by Gasteiger charge is -2.21. The van der Waals surface area contributed by atoms with Crippen LogP contribution in [-0.2, 0) is 4.74 Å². The normalized spacial score (nSPS) is 25.4. The highest BCUT2D eigenvalue weighted by Gasteiger charge is 2.32. The first-order chi connectivity index (χ1) is 12.0. The highest BCUT2D eigenvalue weighted by atomic mass is 16.7. The minimum atomic E-state index is -0.616. The summed E-state index contributed by atoms with van der Waals surface area (Å²) >= 11 is 0. The molecule has 2 atom stereocenters. The number of nitrogens with zero attached hydrogens (tertiary/aromatic N) is 4. The number of hydrazone groups is 1. The Balaban J connectivity index is 1.72. The Morgan fingerprint density at radius 2 is 2.28 bits per heavy atom. The molecule has 2 unspecified atom stereocenters. The van der Waals surface area contributed by atoms with E-state index >= 15 is 0 Å². The topological polar surface area (TPSA) is 71.2 Å². The van der Waals surface area contributed by atoms with Crippen molar-refractivity contribution in [3.63, 3.8) is 0 Å². The molecule has 7 nitrogen and oxygen atoms in total. The van der Waals surface area contributed by atoms with E-state index in [0.717, 1.165) is 25.1 Å². The van der Waals surface area contributed by atoms with E-state index in [2.05, 4.69) is 18.1 Å². The quantitative estimate of drug-likeness (QED) is 0.606. The zero-order valence-corrected chi connectivity index (χ0v) is 14.7. The van der Waals surface area contributed by atoms with Gasteiger partial charge in [0.1, 0.15) is 5.10 Å². The van der Waals surface area contributed by atoms with Gasteiger partial charge < -0.3 is 14.5 Å². The van der Waals surface area contributed by atoms with Gasteiger partial charge in [0, 0.05) is 31.8 Å². The molecule has 0 radical (unpaired) electrons. The van der Waals surface area contributed by atoms with Gasteiger partial charge in [-0.25, -0.2) is 10.1 Å². The van der Waals surface area contributed by atoms with Gasteiger partial charge in [-0.2, -0.15) is 0 Å². The summed E-state index contributed by atoms with van der Waals surface area (Å²) in [6, 6.07) is 8.13. The lowest BCUT2D eigenvalue weighted by molar-refractivity contribution is -0.486. The number of hydrogen-bond donors (Lipinski definition) is 0. The summed E-state index contributed by atoms with van der Waals surface area (Å²) in [6.45, 7) is 6.98. The van der Waals surface area contributed by atoms with Crippen LogP contribution in [0, 0.1) is 23.0 Å². The third-order valence-electron chi connectivity index (χ3n) is 4.57. The molecule has 0 saturated carbocycles. The van der Waals surface area contributed by atoms with Gasteiger partial charge in [0.25, 0.3) is 5.96 Å². The van der Waals surface area contributed by atoms with E-state index in [4.69, 9.17) is 4.74 Å². The number of guanidine groups is 1. The fraction of sp³-hybridized carbons (Fsp3) is 0.500. The summed E-state index contributed by atoms with van der Waals surface area (Å²) in [7, 11) is 0. The van der Waals surface area contributed by atoms with Crippen molar-refractivity contribution in [2.24, 2.45) is 11.0 Å². The molecule has 7 heteroatoms. The minimum Gasteiger partial charge on any atom is -0.378 e. The lowest BCUT2D eigenvalue weighted by atomic mass is 10.1. The molecule has 1 aromatic rings. The Labute approximate surface area is 147 Å². The van der Waals surface area contributed by atoms with Crippen molar-refractivity contribution < 1.29 is 9.77 Å². The van der Waals surface area contributed by atoms with Crippen LogP contribution >= 0.6 is 0 Å². The van der Waals surface area contributed by atoms with Crippen molar-refractivity contribution >= 4 is 12.0 Å². The van der Waals surface area contributed by atoms with Crippen molar-refractivity contribution in [2.75, 3.05) is 26.2 Å². The summed E-state index contributed by atoms with van der Waals surface area (Å²) < 4.78 is 5.61. The van der Waals surface area contributed by atoms with Gasteiger partial charge in [0.2, 0.25) is 0 Å². The summed E-state index contributed by atoms with van der Waals surface area (Å²) in [4.78, 5) is 14.8. The molecule has 0 N–H and O–H groups in total. The SMILES string of the molecule is Cc1cccc(C=CN2CCN(CC3COC(C)C3)C2=N[N+](=O)[O-])c1. The average molecular weight is 344 g/mol. The maximum absolute atomic E-state index is 11.0. The zero-order chi connectivity index (χ0) is 17.8. The molecular formula is C18H24N4O3. The van der Waals surface area contributed by atoms with E-state index in [0.29, 0.717) is 25.0 Å². The van der Waals surface area contributed by atoms with Gasteiger partial charge in [-0.15, -0.1) is 0 Å². The largest absolute Gasteiger partial charge is 0.378 e. The second kappa shape index (κ2) is 7.65. The summed E-state index contributed by atoms with van der Waals surface area (Å²) in [5.41, 5.74) is 2.25. The predicted octanol–water partition coefficient (Wildman–Crippen LogP) is 2.56. The second-order valence-corrected chi connectivity index (χ2v) is 6.75. The Kier molecular flexibility index (Phi) is 5.33. The molecule has 2 saturated heterocycles. The van der Waals surface area contributed by atoms with Gasteiger partial charge in [0.15, 0.2) is 5.03 Å². The third kappa shape index (κ3) is 4.57. The van der Waals surface area contributed by atoms with Gasteiger partial charge in [-0.1, -0.05) is 29.8 Å². The van der Waals surface area contributed by atoms with Crippen LogP contribution in [0.4, 0.5) is 0 Å². The van der Waals surface area contributed by atoms with Gasteiger partial charge in [-0.3, -0.25) is 0 Å². The Morgan fingerprint density at radius 1 is 1.44 bits per heavy atom. The number of rotatable bonds is 5. The first-order valence-corrected chi connectivity index (χ1v) is 8.62. The van der Waals surface area contributed by atoms with Crippen LogP contribution in [0.5, 0.6) is 0 Å². The molecule has 0 bridgehead atoms. The van der Waals surface area contributed by atoms with Crippen LogP contribution in [0.2, 0.25) is 0 Å². The zero-order valence-electron chi connectivity index (χ0n) is 14.7. The highest BCUT2D eigenvalue weighted by Crippen LogP contribution is 2.22. The number of hydrogen-bond acceptors (Lipinski definition) is 3. The molecule has 2 aliphatic rings. The van der Waals surface area contributed by atoms with E-state index in [1.54, 1.807) is 0 Å². The first-order valence-electron chi connectivity index (χ1n) is 8.62. The van der Waals surface area contributed by atoms with Crippen molar-refractivity contribution in [3.8, 4) is 0 Å². The lowest BCUT2D eigenvalue weighted by Crippen LogP contribution is -2.35. The third-order valence-corrected chi connectivity index (χ3v) is 4.57. The number of ether oxygens (including phenoxy) is 1. The van der Waals surface area contributed by atoms with Gasteiger partial charge >= 0.3 is 0 Å². The van der Waals surface area contributed by atoms with E-state index in [9.17, 15) is 10.1 Å². The van der Waals surface area contributed by atoms with Crippen molar-refractivity contribution in [1.29, 1.82) is 0 Å². The summed E-state index contributed by atoms with van der Waals surface area (Å²) in [5, 5.41) is 14.0. The van der Waals surface area contributed by atoms with E-state index < -0.39 is 5.03 Å². The Morgan fingerprint density at radius 3 is 2.96 bits per heavy atom. The predicted molar refractivity (Wildman–Crippen MR) is 96.4 cm³/mol. The number of nitro groups is 1. The smallest absolute Gasteiger partial charge is 0.278 e. The molecule has 3 rings (SSSR count). The second-order valence-electron chi connectivity index (χ2n) is 6.75. The van der Waals surface area contributed by atoms with E-state index in [1.807, 2.05) is 47.2 Å². The Bertz CT molecular complexity index is 689. The van der Waals surface area contributed by atoms with Crippen LogP contribution in [0.25, 0.3) is 6.08 Å². The standard InChI is InChI=1S/C18H24N4O3/c1-14-4-3-5-16(10-14)6-7-20-8-9-21(18(20)19-22(23)24)12-17-11-15(2)25-13-17/h3-7,10,15,17H,8-9,11-13H2,1-2H3. The maximum Gasteiger partial charge on any atom is 0.278 e. The maximum atomic E-state index is 11.0. The number of aryl methyl sites for hydroxylation is 1. The molecule has 0 amide bonds. The van der Waals surface area contributed by atoms with Crippen LogP contribution < -0.4 is 0 Å². The molecule has 0 aliphatic carbocycles. The molecule has 25 heavy (non-hydrogen) atoms. The molecular weight excluding hydrogens is 320 g/mol. The minimum absolute atomic E-state index is 0.265. The molecule has 0 aromatic heterocycles. The van der Waals surface area contributed by atoms with Crippen LogP contribution in [0.15, 0.2) is 35.6 Å². The number of benzene rings is 1. The summed E-state index contributed by atoms with van der Waals surface area (Å²) in [6.07, 6.45) is 5.10. The van der Waals surface area contributed by atoms with Crippen molar-refractivity contribution in [2.45, 2.75) is 26.4 Å². The fourth-order valence-electron chi connectivity index (χ4n) is 3.41. The highest BCUT2D eigenvalue weighted by molar-refractivity contribution is 5.83. The van der Waals surface area contributed by atoms with Crippen molar-refractivity contribution in [1.82, 2.24) is 9.80 Å². The van der Waals surface area contributed by atoms with E-state index in [-0.39, 0.29) is 6.10 Å².